The van der Waals surface area contributed by atoms with Crippen LogP contribution in [0.4, 0.5) is 0 Å². The summed E-state index contributed by atoms with van der Waals surface area (Å²) in [5, 5.41) is 0. The molecule has 0 amide bonds. The molecule has 2 N–H and O–H groups in total. The maximum absolute atomic E-state index is 5.37. The lowest BCUT2D eigenvalue weighted by Crippen LogP contribution is -2.21. The average molecular weight is 178 g/mol. The van der Waals surface area contributed by atoms with Crippen molar-refractivity contribution in [2.24, 2.45) is 5.73 Å². The minimum absolute atomic E-state index is 0. The lowest BCUT2D eigenvalue weighted by Gasteiger charge is -2.00. The zero-order valence-electron chi connectivity index (χ0n) is 4.44. The van der Waals surface area contributed by atoms with Crippen LogP contribution in [-0.2, 0) is 0 Å². The third-order valence-corrected chi connectivity index (χ3v) is 1.29. The van der Waals surface area contributed by atoms with Crippen molar-refractivity contribution >= 4 is 35.6 Å². The molecule has 0 heterocycles. The zero-order valence-corrected chi connectivity index (χ0v) is 6.77. The molecule has 0 spiro atoms. The maximum atomic E-state index is 5.37. The normalized spacial score (nSPS) is 12.4. The van der Waals surface area contributed by atoms with Crippen LogP contribution >= 0.6 is 35.6 Å². The highest BCUT2D eigenvalue weighted by molar-refractivity contribution is 6.19. The fourth-order valence-electron chi connectivity index (χ4n) is 0.217. The van der Waals surface area contributed by atoms with E-state index in [4.69, 9.17) is 28.9 Å². The van der Waals surface area contributed by atoms with Gasteiger partial charge in [0.25, 0.3) is 0 Å². The summed E-state index contributed by atoms with van der Waals surface area (Å²) in [7, 11) is 0. The van der Waals surface area contributed by atoms with Gasteiger partial charge < -0.3 is 5.73 Å². The largest absolute Gasteiger partial charge is 0.327 e. The van der Waals surface area contributed by atoms with Crippen molar-refractivity contribution in [2.75, 3.05) is 11.8 Å². The lowest BCUT2D eigenvalue weighted by molar-refractivity contribution is 0.725. The van der Waals surface area contributed by atoms with Crippen LogP contribution < -0.4 is 5.73 Å². The van der Waals surface area contributed by atoms with Gasteiger partial charge in [-0.2, -0.15) is 0 Å². The minimum Gasteiger partial charge on any atom is -0.327 e. The summed E-state index contributed by atoms with van der Waals surface area (Å²) in [5.74, 6) is 1.11. The van der Waals surface area contributed by atoms with Crippen LogP contribution in [-0.4, -0.2) is 17.8 Å². The average Bonchev–Trinajstić information content (AvgIpc) is 1.68. The molecule has 4 heteroatoms. The first-order chi connectivity index (χ1) is 3.31. The van der Waals surface area contributed by atoms with E-state index in [9.17, 15) is 0 Å². The lowest BCUT2D eigenvalue weighted by atomic mass is 10.3. The summed E-state index contributed by atoms with van der Waals surface area (Å²) in [6.45, 7) is 0. The van der Waals surface area contributed by atoms with Gasteiger partial charge in [-0.25, -0.2) is 0 Å². The quantitative estimate of drug-likeness (QED) is 0.653. The SMILES string of the molecule is Cl.NC(CCl)CCCl. The number of hydrogen-bond acceptors (Lipinski definition) is 1. The molecular formula is C4H10Cl3N. The van der Waals surface area contributed by atoms with Gasteiger partial charge in [-0.15, -0.1) is 35.6 Å². The molecular weight excluding hydrogens is 168 g/mol. The van der Waals surface area contributed by atoms with Crippen LogP contribution in [0.3, 0.4) is 0 Å². The van der Waals surface area contributed by atoms with E-state index in [2.05, 4.69) is 0 Å². The molecule has 0 aliphatic carbocycles. The molecule has 0 radical (unpaired) electrons. The van der Waals surface area contributed by atoms with E-state index < -0.39 is 0 Å². The Morgan fingerprint density at radius 3 is 2.00 bits per heavy atom. The molecule has 0 saturated heterocycles. The second kappa shape index (κ2) is 7.83. The molecule has 0 aliphatic rings. The smallest absolute Gasteiger partial charge is 0.0375 e. The number of nitrogens with two attached hydrogens (primary N) is 1. The molecule has 0 aliphatic heterocycles. The van der Waals surface area contributed by atoms with Gasteiger partial charge in [-0.05, 0) is 6.42 Å². The number of rotatable bonds is 3. The van der Waals surface area contributed by atoms with E-state index in [-0.39, 0.29) is 18.4 Å². The van der Waals surface area contributed by atoms with Gasteiger partial charge in [-0.3, -0.25) is 0 Å². The van der Waals surface area contributed by atoms with Crippen LogP contribution in [0.2, 0.25) is 0 Å². The van der Waals surface area contributed by atoms with Crippen LogP contribution in [0.15, 0.2) is 0 Å². The standard InChI is InChI=1S/C4H9Cl2N.ClH/c5-2-1-4(7)3-6;/h4H,1-3,7H2;1H. The van der Waals surface area contributed by atoms with Crippen molar-refractivity contribution in [3.05, 3.63) is 0 Å². The Morgan fingerprint density at radius 1 is 1.38 bits per heavy atom. The van der Waals surface area contributed by atoms with E-state index in [1.54, 1.807) is 0 Å². The number of alkyl halides is 2. The van der Waals surface area contributed by atoms with E-state index in [0.29, 0.717) is 11.8 Å². The molecule has 0 rings (SSSR count). The molecule has 8 heavy (non-hydrogen) atoms. The summed E-state index contributed by atoms with van der Waals surface area (Å²) in [4.78, 5) is 0. The van der Waals surface area contributed by atoms with Gasteiger partial charge in [0, 0.05) is 17.8 Å². The summed E-state index contributed by atoms with van der Waals surface area (Å²) in [5.41, 5.74) is 5.37. The monoisotopic (exact) mass is 177 g/mol. The molecule has 0 fully saturated rings. The van der Waals surface area contributed by atoms with Gasteiger partial charge >= 0.3 is 0 Å². The maximum Gasteiger partial charge on any atom is 0.0375 e. The number of hydrogen-bond donors (Lipinski definition) is 1. The number of halogens is 3. The summed E-state index contributed by atoms with van der Waals surface area (Å²) < 4.78 is 0. The molecule has 0 aromatic heterocycles. The van der Waals surface area contributed by atoms with E-state index in [1.807, 2.05) is 0 Å². The third kappa shape index (κ3) is 6.83. The summed E-state index contributed by atoms with van der Waals surface area (Å²) in [6.07, 6.45) is 0.811. The fraction of sp³-hybridized carbons (Fsp3) is 1.00. The van der Waals surface area contributed by atoms with Crippen molar-refractivity contribution in [1.82, 2.24) is 0 Å². The Kier molecular flexibility index (Phi) is 11.4. The second-order valence-electron chi connectivity index (χ2n) is 1.39. The topological polar surface area (TPSA) is 26.0 Å². The Balaban J connectivity index is 0. The predicted molar refractivity (Wildman–Crippen MR) is 41.3 cm³/mol. The van der Waals surface area contributed by atoms with Crippen LogP contribution in [0, 0.1) is 0 Å². The molecule has 0 saturated carbocycles. The Morgan fingerprint density at radius 2 is 1.88 bits per heavy atom. The van der Waals surface area contributed by atoms with E-state index >= 15 is 0 Å². The van der Waals surface area contributed by atoms with Crippen molar-refractivity contribution < 1.29 is 0 Å². The predicted octanol–water partition coefficient (Wildman–Crippen LogP) is 1.60. The second-order valence-corrected chi connectivity index (χ2v) is 2.08. The molecule has 0 aromatic rings. The van der Waals surface area contributed by atoms with Gasteiger partial charge in [0.15, 0.2) is 0 Å². The Bertz CT molecular complexity index is 42.3. The van der Waals surface area contributed by atoms with Crippen molar-refractivity contribution in [3.63, 3.8) is 0 Å². The van der Waals surface area contributed by atoms with Gasteiger partial charge in [-0.1, -0.05) is 0 Å². The molecule has 0 bridgehead atoms. The molecule has 1 nitrogen and oxygen atoms in total. The molecule has 1 unspecified atom stereocenters. The van der Waals surface area contributed by atoms with Crippen molar-refractivity contribution in [2.45, 2.75) is 12.5 Å². The first-order valence-electron chi connectivity index (χ1n) is 2.18. The highest BCUT2D eigenvalue weighted by Gasteiger charge is 1.95. The zero-order chi connectivity index (χ0) is 5.70. The van der Waals surface area contributed by atoms with Gasteiger partial charge in [0.1, 0.15) is 0 Å². The van der Waals surface area contributed by atoms with Crippen molar-refractivity contribution in [1.29, 1.82) is 0 Å². The van der Waals surface area contributed by atoms with Gasteiger partial charge in [0.2, 0.25) is 0 Å². The van der Waals surface area contributed by atoms with Gasteiger partial charge in [0.05, 0.1) is 0 Å². The molecule has 1 atom stereocenters. The van der Waals surface area contributed by atoms with Crippen LogP contribution in [0.5, 0.6) is 0 Å². The Labute approximate surface area is 65.9 Å². The first-order valence-corrected chi connectivity index (χ1v) is 3.25. The Hall–Kier alpha value is 0.830. The van der Waals surface area contributed by atoms with Crippen LogP contribution in [0.1, 0.15) is 6.42 Å². The first kappa shape index (κ1) is 11.6. The third-order valence-electron chi connectivity index (χ3n) is 0.678. The van der Waals surface area contributed by atoms with E-state index in [0.717, 1.165) is 6.42 Å². The molecule has 0 aromatic carbocycles. The van der Waals surface area contributed by atoms with E-state index in [1.165, 1.54) is 0 Å². The highest BCUT2D eigenvalue weighted by atomic mass is 35.5. The summed E-state index contributed by atoms with van der Waals surface area (Å²) in [6, 6.07) is 0.0826. The summed E-state index contributed by atoms with van der Waals surface area (Å²) >= 11 is 10.7. The molecule has 52 valence electrons. The minimum atomic E-state index is 0. The highest BCUT2D eigenvalue weighted by Crippen LogP contribution is 1.92. The van der Waals surface area contributed by atoms with Crippen LogP contribution in [0.25, 0.3) is 0 Å². The fourth-order valence-corrected chi connectivity index (χ4v) is 0.652. The van der Waals surface area contributed by atoms with Crippen molar-refractivity contribution in [3.8, 4) is 0 Å².